The Balaban J connectivity index is 1.37. The molecular formula is C21H23N5O. The lowest BCUT2D eigenvalue weighted by molar-refractivity contribution is -0.116. The lowest BCUT2D eigenvalue weighted by atomic mass is 10.1. The molecule has 6 nitrogen and oxygen atoms in total. The van der Waals surface area contributed by atoms with Gasteiger partial charge in [-0.15, -0.1) is 0 Å². The Morgan fingerprint density at radius 1 is 1.11 bits per heavy atom. The summed E-state index contributed by atoms with van der Waals surface area (Å²) in [5, 5.41) is 7.13. The number of nitrogens with zero attached hydrogens (tertiary/aromatic N) is 4. The molecule has 0 spiro atoms. The fraction of sp³-hybridized carbons (Fsp3) is 0.286. The van der Waals surface area contributed by atoms with E-state index in [9.17, 15) is 4.79 Å². The highest BCUT2D eigenvalue weighted by Gasteiger charge is 2.19. The lowest BCUT2D eigenvalue weighted by Gasteiger charge is -2.21. The summed E-state index contributed by atoms with van der Waals surface area (Å²) in [7, 11) is 0. The van der Waals surface area contributed by atoms with Gasteiger partial charge in [0.05, 0.1) is 0 Å². The van der Waals surface area contributed by atoms with Crippen molar-refractivity contribution in [1.29, 1.82) is 0 Å². The largest absolute Gasteiger partial charge is 0.367 e. The van der Waals surface area contributed by atoms with E-state index in [0.717, 1.165) is 37.2 Å². The molecular weight excluding hydrogens is 338 g/mol. The van der Waals surface area contributed by atoms with Crippen molar-refractivity contribution in [2.24, 2.45) is 0 Å². The zero-order valence-corrected chi connectivity index (χ0v) is 15.2. The Kier molecular flexibility index (Phi) is 5.14. The third-order valence-electron chi connectivity index (χ3n) is 4.89. The number of hydrogen-bond donors (Lipinski definition) is 1. The Morgan fingerprint density at radius 2 is 1.96 bits per heavy atom. The molecule has 1 aromatic heterocycles. The molecule has 2 heterocycles. The van der Waals surface area contributed by atoms with Gasteiger partial charge in [-0.1, -0.05) is 36.4 Å². The van der Waals surface area contributed by atoms with E-state index in [-0.39, 0.29) is 5.91 Å². The van der Waals surface area contributed by atoms with Gasteiger partial charge in [-0.2, -0.15) is 5.10 Å². The molecule has 1 N–H and O–H groups in total. The van der Waals surface area contributed by atoms with Crippen LogP contribution in [0.5, 0.6) is 0 Å². The minimum atomic E-state index is 0.0318. The van der Waals surface area contributed by atoms with Gasteiger partial charge < -0.3 is 10.2 Å². The molecule has 1 aliphatic rings. The van der Waals surface area contributed by atoms with Crippen molar-refractivity contribution in [2.75, 3.05) is 16.8 Å². The molecule has 1 aliphatic heterocycles. The van der Waals surface area contributed by atoms with Gasteiger partial charge >= 0.3 is 0 Å². The number of para-hydroxylation sites is 2. The minimum Gasteiger partial charge on any atom is -0.367 e. The topological polar surface area (TPSA) is 63.1 Å². The fourth-order valence-electron chi connectivity index (χ4n) is 3.52. The monoisotopic (exact) mass is 361 g/mol. The van der Waals surface area contributed by atoms with Crippen LogP contribution in [0, 0.1) is 0 Å². The van der Waals surface area contributed by atoms with Crippen LogP contribution in [0.15, 0.2) is 61.2 Å². The van der Waals surface area contributed by atoms with Gasteiger partial charge in [0.25, 0.3) is 0 Å². The molecule has 0 aliphatic carbocycles. The molecule has 0 saturated carbocycles. The first-order valence-corrected chi connectivity index (χ1v) is 9.32. The number of carbonyl (C=O) groups is 1. The third kappa shape index (κ3) is 4.16. The predicted molar refractivity (Wildman–Crippen MR) is 106 cm³/mol. The van der Waals surface area contributed by atoms with Crippen molar-refractivity contribution in [1.82, 2.24) is 14.8 Å². The van der Waals surface area contributed by atoms with E-state index < -0.39 is 0 Å². The van der Waals surface area contributed by atoms with Gasteiger partial charge in [0.15, 0.2) is 0 Å². The molecule has 0 radical (unpaired) electrons. The SMILES string of the molecule is O=C(CCCn1cncn1)Nc1ccccc1CN1CCc2ccccc21. The first-order chi connectivity index (χ1) is 13.3. The van der Waals surface area contributed by atoms with Gasteiger partial charge in [-0.3, -0.25) is 9.48 Å². The highest BCUT2D eigenvalue weighted by molar-refractivity contribution is 5.91. The molecule has 1 amide bonds. The van der Waals surface area contributed by atoms with Crippen molar-refractivity contribution in [3.8, 4) is 0 Å². The number of nitrogens with one attached hydrogen (secondary N) is 1. The molecule has 6 heteroatoms. The van der Waals surface area contributed by atoms with Crippen LogP contribution >= 0.6 is 0 Å². The van der Waals surface area contributed by atoms with Gasteiger partial charge in [0.2, 0.25) is 5.91 Å². The normalized spacial score (nSPS) is 12.8. The maximum atomic E-state index is 12.4. The molecule has 0 atom stereocenters. The number of aryl methyl sites for hydroxylation is 1. The number of hydrogen-bond acceptors (Lipinski definition) is 4. The predicted octanol–water partition coefficient (Wildman–Crippen LogP) is 3.26. The first-order valence-electron chi connectivity index (χ1n) is 9.32. The highest BCUT2D eigenvalue weighted by atomic mass is 16.1. The molecule has 3 aromatic rings. The second-order valence-electron chi connectivity index (χ2n) is 6.77. The Bertz CT molecular complexity index is 906. The Labute approximate surface area is 158 Å². The summed E-state index contributed by atoms with van der Waals surface area (Å²) in [6, 6.07) is 16.6. The zero-order valence-electron chi connectivity index (χ0n) is 15.2. The molecule has 2 aromatic carbocycles. The molecule has 0 saturated heterocycles. The Hall–Kier alpha value is -3.15. The molecule has 138 valence electrons. The minimum absolute atomic E-state index is 0.0318. The van der Waals surface area contributed by atoms with E-state index in [1.54, 1.807) is 11.0 Å². The molecule has 0 fully saturated rings. The highest BCUT2D eigenvalue weighted by Crippen LogP contribution is 2.30. The van der Waals surface area contributed by atoms with Gasteiger partial charge in [-0.05, 0) is 36.1 Å². The summed E-state index contributed by atoms with van der Waals surface area (Å²) in [6.07, 6.45) is 5.44. The zero-order chi connectivity index (χ0) is 18.5. The van der Waals surface area contributed by atoms with E-state index in [2.05, 4.69) is 50.6 Å². The van der Waals surface area contributed by atoms with E-state index in [1.165, 1.54) is 17.6 Å². The standard InChI is InChI=1S/C21H23N5O/c27-21(10-5-12-26-16-22-15-23-26)24-19-8-3-1-7-18(19)14-25-13-11-17-6-2-4-9-20(17)25/h1-4,6-9,15-16H,5,10-14H2,(H,24,27). The summed E-state index contributed by atoms with van der Waals surface area (Å²) in [5.74, 6) is 0.0318. The second-order valence-corrected chi connectivity index (χ2v) is 6.77. The van der Waals surface area contributed by atoms with Gasteiger partial charge in [0, 0.05) is 37.4 Å². The molecule has 0 bridgehead atoms. The van der Waals surface area contributed by atoms with Crippen LogP contribution < -0.4 is 10.2 Å². The van der Waals surface area contributed by atoms with E-state index in [4.69, 9.17) is 0 Å². The maximum Gasteiger partial charge on any atom is 0.224 e. The quantitative estimate of drug-likeness (QED) is 0.702. The number of aromatic nitrogens is 3. The maximum absolute atomic E-state index is 12.4. The number of anilines is 2. The summed E-state index contributed by atoms with van der Waals surface area (Å²) in [6.45, 7) is 2.51. The molecule has 0 unspecified atom stereocenters. The van der Waals surface area contributed by atoms with E-state index >= 15 is 0 Å². The van der Waals surface area contributed by atoms with Crippen molar-refractivity contribution in [3.63, 3.8) is 0 Å². The van der Waals surface area contributed by atoms with E-state index in [0.29, 0.717) is 13.0 Å². The summed E-state index contributed by atoms with van der Waals surface area (Å²) < 4.78 is 1.74. The first kappa shape index (κ1) is 17.3. The summed E-state index contributed by atoms with van der Waals surface area (Å²) in [5.41, 5.74) is 4.73. The van der Waals surface area contributed by atoms with Crippen LogP contribution in [0.4, 0.5) is 11.4 Å². The van der Waals surface area contributed by atoms with Crippen molar-refractivity contribution >= 4 is 17.3 Å². The summed E-state index contributed by atoms with van der Waals surface area (Å²) in [4.78, 5) is 18.6. The Morgan fingerprint density at radius 3 is 2.85 bits per heavy atom. The number of fused-ring (bicyclic) bond motifs is 1. The second kappa shape index (κ2) is 8.03. The number of amides is 1. The van der Waals surface area contributed by atoms with Gasteiger partial charge in [0.1, 0.15) is 12.7 Å². The number of rotatable bonds is 7. The van der Waals surface area contributed by atoms with Crippen LogP contribution in [-0.4, -0.2) is 27.2 Å². The van der Waals surface area contributed by atoms with Crippen molar-refractivity contribution < 1.29 is 4.79 Å². The smallest absolute Gasteiger partial charge is 0.224 e. The van der Waals surface area contributed by atoms with Crippen LogP contribution in [0.25, 0.3) is 0 Å². The van der Waals surface area contributed by atoms with Crippen LogP contribution in [-0.2, 0) is 24.3 Å². The van der Waals surface area contributed by atoms with Crippen molar-refractivity contribution in [3.05, 3.63) is 72.3 Å². The lowest BCUT2D eigenvalue weighted by Crippen LogP contribution is -2.21. The third-order valence-corrected chi connectivity index (χ3v) is 4.89. The van der Waals surface area contributed by atoms with Crippen LogP contribution in [0.2, 0.25) is 0 Å². The fourth-order valence-corrected chi connectivity index (χ4v) is 3.52. The average molecular weight is 361 g/mol. The van der Waals surface area contributed by atoms with Gasteiger partial charge in [-0.25, -0.2) is 4.98 Å². The van der Waals surface area contributed by atoms with E-state index in [1.807, 2.05) is 18.2 Å². The molecule has 4 rings (SSSR count). The average Bonchev–Trinajstić information content (AvgIpc) is 3.34. The number of carbonyl (C=O) groups excluding carboxylic acids is 1. The van der Waals surface area contributed by atoms with Crippen LogP contribution in [0.3, 0.4) is 0 Å². The van der Waals surface area contributed by atoms with Crippen molar-refractivity contribution in [2.45, 2.75) is 32.4 Å². The number of benzene rings is 2. The van der Waals surface area contributed by atoms with Crippen LogP contribution in [0.1, 0.15) is 24.0 Å². The molecule has 27 heavy (non-hydrogen) atoms. The summed E-state index contributed by atoms with van der Waals surface area (Å²) >= 11 is 0.